The highest BCUT2D eigenvalue weighted by Gasteiger charge is 2.60. The van der Waals surface area contributed by atoms with Gasteiger partial charge in [-0.2, -0.15) is 5.09 Å². The van der Waals surface area contributed by atoms with Crippen LogP contribution >= 0.6 is 19.3 Å². The molecule has 0 saturated carbocycles. The monoisotopic (exact) mass is 537 g/mol. The molecule has 2 aliphatic rings. The Bertz CT molecular complexity index is 986. The fourth-order valence-electron chi connectivity index (χ4n) is 3.22. The predicted molar refractivity (Wildman–Crippen MR) is 120 cm³/mol. The number of alkyl halides is 2. The third-order valence-electron chi connectivity index (χ3n) is 4.94. The first-order chi connectivity index (χ1) is 16.5. The normalized spacial score (nSPS) is 30.9. The molecular formula is C20H26ClFN3O9P. The van der Waals surface area contributed by atoms with E-state index in [2.05, 4.69) is 10.4 Å². The van der Waals surface area contributed by atoms with Gasteiger partial charge in [-0.1, -0.05) is 29.8 Å². The first kappa shape index (κ1) is 27.3. The smallest absolute Gasteiger partial charge is 0.459 e. The first-order valence-corrected chi connectivity index (χ1v) is 12.5. The maximum absolute atomic E-state index is 15.2. The van der Waals surface area contributed by atoms with Gasteiger partial charge in [0.2, 0.25) is 0 Å². The minimum Gasteiger partial charge on any atom is -0.465 e. The second-order valence-corrected chi connectivity index (χ2v) is 9.86. The van der Waals surface area contributed by atoms with Gasteiger partial charge < -0.3 is 29.5 Å². The number of aliphatic hydroxyl groups is 2. The summed E-state index contributed by atoms with van der Waals surface area (Å²) in [7, 11) is -4.32. The van der Waals surface area contributed by atoms with Crippen LogP contribution in [0.15, 0.2) is 42.6 Å². The number of carbonyl (C=O) groups excluding carboxylic acids is 2. The van der Waals surface area contributed by atoms with E-state index < -0.39 is 62.2 Å². The zero-order valence-electron chi connectivity index (χ0n) is 18.7. The van der Waals surface area contributed by atoms with Crippen LogP contribution in [0.4, 0.5) is 9.18 Å². The molecule has 35 heavy (non-hydrogen) atoms. The number of nitrogens with zero attached hydrogens (tertiary/aromatic N) is 1. The Morgan fingerprint density at radius 3 is 2.71 bits per heavy atom. The summed E-state index contributed by atoms with van der Waals surface area (Å²) >= 11 is 5.86. The van der Waals surface area contributed by atoms with Crippen LogP contribution in [0.1, 0.15) is 13.8 Å². The average molecular weight is 538 g/mol. The van der Waals surface area contributed by atoms with Crippen LogP contribution in [0.25, 0.3) is 0 Å². The molecule has 0 spiro atoms. The molecule has 194 valence electrons. The number of esters is 1. The molecule has 0 radical (unpaired) electrons. The van der Waals surface area contributed by atoms with E-state index in [-0.39, 0.29) is 12.4 Å². The Kier molecular flexibility index (Phi) is 8.76. The van der Waals surface area contributed by atoms with E-state index in [1.54, 1.807) is 25.1 Å². The summed E-state index contributed by atoms with van der Waals surface area (Å²) in [6.45, 7) is 2.36. The van der Waals surface area contributed by atoms with Crippen molar-refractivity contribution in [3.63, 3.8) is 0 Å². The van der Waals surface area contributed by atoms with Crippen molar-refractivity contribution in [1.29, 1.82) is 0 Å². The molecular weight excluding hydrogens is 512 g/mol. The van der Waals surface area contributed by atoms with Crippen molar-refractivity contribution in [3.05, 3.63) is 42.6 Å². The summed E-state index contributed by atoms with van der Waals surface area (Å²) in [5, 5.41) is 21.4. The molecule has 1 fully saturated rings. The van der Waals surface area contributed by atoms with Crippen molar-refractivity contribution >= 4 is 31.3 Å². The van der Waals surface area contributed by atoms with Gasteiger partial charge in [0.05, 0.1) is 13.2 Å². The van der Waals surface area contributed by atoms with Gasteiger partial charge in [-0.25, -0.2) is 13.8 Å². The number of para-hydroxylation sites is 1. The number of rotatable bonds is 10. The molecule has 12 nitrogen and oxygen atoms in total. The fourth-order valence-corrected chi connectivity index (χ4v) is 5.02. The number of hydrogen-bond acceptors (Lipinski definition) is 9. The standard InChI is InChI=1S/C20H26ClFN3O9P/c1-3-31-17(28)12(2)24-35(30,34-13-7-5-4-6-8-13)32-11-14-16(27)20(21,22)18(33-14)25-10-9-15(26)23-19(25)29/h4-10,12,14-16,18,26-27H,3,11H2,1-2H3,(H,23,29)(H,24,30)/t12-,14+,15?,16+,18+,20+,35?/m0/s1. The van der Waals surface area contributed by atoms with Crippen molar-refractivity contribution in [2.24, 2.45) is 0 Å². The highest BCUT2D eigenvalue weighted by atomic mass is 35.5. The van der Waals surface area contributed by atoms with Crippen LogP contribution in [0.2, 0.25) is 0 Å². The van der Waals surface area contributed by atoms with Gasteiger partial charge in [0.1, 0.15) is 30.2 Å². The highest BCUT2D eigenvalue weighted by molar-refractivity contribution is 7.52. The maximum Gasteiger partial charge on any atom is 0.459 e. The molecule has 0 bridgehead atoms. The Balaban J connectivity index is 1.75. The molecule has 1 saturated heterocycles. The third kappa shape index (κ3) is 6.50. The molecule has 0 aliphatic carbocycles. The topological polar surface area (TPSA) is 156 Å². The summed E-state index contributed by atoms with van der Waals surface area (Å²) in [6.07, 6.45) is -4.43. The summed E-state index contributed by atoms with van der Waals surface area (Å²) in [4.78, 5) is 24.9. The lowest BCUT2D eigenvalue weighted by Crippen LogP contribution is -2.55. The molecule has 1 aromatic carbocycles. The van der Waals surface area contributed by atoms with E-state index in [1.165, 1.54) is 19.1 Å². The number of urea groups is 1. The Hall–Kier alpha value is -2.25. The van der Waals surface area contributed by atoms with Crippen LogP contribution in [-0.4, -0.2) is 76.2 Å². The Labute approximate surface area is 205 Å². The summed E-state index contributed by atoms with van der Waals surface area (Å²) in [6, 6.07) is 5.86. The first-order valence-electron chi connectivity index (χ1n) is 10.6. The van der Waals surface area contributed by atoms with Crippen molar-refractivity contribution in [1.82, 2.24) is 15.3 Å². The molecule has 0 aromatic heterocycles. The van der Waals surface area contributed by atoms with Crippen LogP contribution in [0.3, 0.4) is 0 Å². The minimum absolute atomic E-state index is 0.0862. The van der Waals surface area contributed by atoms with Gasteiger partial charge in [0, 0.05) is 6.20 Å². The molecule has 1 aromatic rings. The third-order valence-corrected chi connectivity index (χ3v) is 6.99. The number of nitrogens with one attached hydrogen (secondary N) is 2. The van der Waals surface area contributed by atoms with E-state index in [0.717, 1.165) is 12.3 Å². The second kappa shape index (κ2) is 11.2. The fraction of sp³-hybridized carbons (Fsp3) is 0.500. The van der Waals surface area contributed by atoms with E-state index in [1.807, 2.05) is 0 Å². The molecule has 4 N–H and O–H groups in total. The van der Waals surface area contributed by atoms with Crippen LogP contribution in [-0.2, 0) is 23.4 Å². The van der Waals surface area contributed by atoms with E-state index >= 15 is 4.39 Å². The number of aliphatic hydroxyl groups excluding tert-OH is 2. The number of ether oxygens (including phenoxy) is 2. The molecule has 2 amide bonds. The molecule has 7 atom stereocenters. The van der Waals surface area contributed by atoms with E-state index in [0.29, 0.717) is 4.90 Å². The quantitative estimate of drug-likeness (QED) is 0.196. The van der Waals surface area contributed by atoms with Crippen LogP contribution in [0, 0.1) is 0 Å². The van der Waals surface area contributed by atoms with Crippen molar-refractivity contribution in [3.8, 4) is 5.75 Å². The lowest BCUT2D eigenvalue weighted by atomic mass is 10.1. The largest absolute Gasteiger partial charge is 0.465 e. The van der Waals surface area contributed by atoms with Crippen molar-refractivity contribution in [2.75, 3.05) is 13.2 Å². The number of carbonyl (C=O) groups is 2. The summed E-state index contributed by atoms with van der Waals surface area (Å²) in [5.41, 5.74) is 0. The SMILES string of the molecule is CCOC(=O)[C@H](C)NP(=O)(OC[C@H]1O[C@@H](N2C=CC(O)NC2=O)[C@@](F)(Cl)[C@@H]1O)Oc1ccccc1. The van der Waals surface area contributed by atoms with Gasteiger partial charge >= 0.3 is 19.7 Å². The molecule has 2 unspecified atom stereocenters. The molecule has 2 aliphatic heterocycles. The summed E-state index contributed by atoms with van der Waals surface area (Å²) < 4.78 is 49.8. The minimum atomic E-state index is -4.32. The van der Waals surface area contributed by atoms with E-state index in [9.17, 15) is 24.4 Å². The average Bonchev–Trinajstić information content (AvgIpc) is 3.02. The zero-order chi connectivity index (χ0) is 25.8. The van der Waals surface area contributed by atoms with Gasteiger partial charge in [-0.05, 0) is 32.1 Å². The maximum atomic E-state index is 15.2. The number of amides is 2. The number of benzene rings is 1. The summed E-state index contributed by atoms with van der Waals surface area (Å²) in [5.74, 6) is -0.588. The van der Waals surface area contributed by atoms with Gasteiger partial charge in [-0.3, -0.25) is 14.2 Å². The lowest BCUT2D eigenvalue weighted by Gasteiger charge is -2.33. The van der Waals surface area contributed by atoms with Crippen molar-refractivity contribution in [2.45, 2.75) is 49.7 Å². The molecule has 3 rings (SSSR count). The van der Waals surface area contributed by atoms with E-state index in [4.69, 9.17) is 30.1 Å². The van der Waals surface area contributed by atoms with Crippen LogP contribution in [0.5, 0.6) is 5.75 Å². The number of halogens is 2. The van der Waals surface area contributed by atoms with Gasteiger partial charge in [0.25, 0.3) is 5.13 Å². The number of hydrogen-bond donors (Lipinski definition) is 4. The second-order valence-electron chi connectivity index (χ2n) is 7.59. The Morgan fingerprint density at radius 2 is 2.09 bits per heavy atom. The molecule has 15 heteroatoms. The van der Waals surface area contributed by atoms with Crippen LogP contribution < -0.4 is 14.9 Å². The Morgan fingerprint density at radius 1 is 1.40 bits per heavy atom. The molecule has 2 heterocycles. The van der Waals surface area contributed by atoms with Gasteiger partial charge in [0.15, 0.2) is 6.23 Å². The van der Waals surface area contributed by atoms with Gasteiger partial charge in [-0.15, -0.1) is 0 Å². The highest BCUT2D eigenvalue weighted by Crippen LogP contribution is 2.47. The van der Waals surface area contributed by atoms with Crippen molar-refractivity contribution < 1.29 is 47.3 Å². The lowest BCUT2D eigenvalue weighted by molar-refractivity contribution is -0.144. The predicted octanol–water partition coefficient (Wildman–Crippen LogP) is 1.58. The zero-order valence-corrected chi connectivity index (χ0v) is 20.4.